The van der Waals surface area contributed by atoms with E-state index in [0.29, 0.717) is 12.8 Å². The highest BCUT2D eigenvalue weighted by Crippen LogP contribution is 2.18. The summed E-state index contributed by atoms with van der Waals surface area (Å²) in [6.45, 7) is 4.07. The molecule has 4 unspecified atom stereocenters. The van der Waals surface area contributed by atoms with Gasteiger partial charge in [-0.05, 0) is 64.2 Å². The van der Waals surface area contributed by atoms with Gasteiger partial charge in [0.05, 0.1) is 18.8 Å². The normalized spacial score (nSPS) is 13.9. The van der Waals surface area contributed by atoms with Crippen LogP contribution in [0.25, 0.3) is 0 Å². The van der Waals surface area contributed by atoms with Gasteiger partial charge in [-0.2, -0.15) is 0 Å². The van der Waals surface area contributed by atoms with Gasteiger partial charge in [0.25, 0.3) is 0 Å². The highest BCUT2D eigenvalue weighted by Gasteiger charge is 2.28. The van der Waals surface area contributed by atoms with Crippen LogP contribution in [0.5, 0.6) is 0 Å². The Morgan fingerprint density at radius 3 is 0.938 bits per heavy atom. The Balaban J connectivity index is 3.58. The lowest BCUT2D eigenvalue weighted by Gasteiger charge is -2.27. The van der Waals surface area contributed by atoms with E-state index >= 15 is 0 Å². The van der Waals surface area contributed by atoms with E-state index in [1.165, 1.54) is 244 Å². The minimum Gasteiger partial charge on any atom is -0.394 e. The minimum absolute atomic E-state index is 0.366. The second-order valence-corrected chi connectivity index (χ2v) is 20.0. The molecule has 6 heteroatoms. The van der Waals surface area contributed by atoms with Crippen molar-refractivity contribution in [1.29, 1.82) is 0 Å². The van der Waals surface area contributed by atoms with Gasteiger partial charge in [0.15, 0.2) is 0 Å². The minimum atomic E-state index is -1.28. The molecule has 6 nitrogen and oxygen atoms in total. The molecule has 0 aromatic heterocycles. The second kappa shape index (κ2) is 52.8. The van der Waals surface area contributed by atoms with E-state index in [2.05, 4.69) is 43.5 Å². The van der Waals surface area contributed by atoms with Gasteiger partial charge in [-0.25, -0.2) is 0 Å². The summed E-state index contributed by atoms with van der Waals surface area (Å²) in [6.07, 6.45) is 64.0. The van der Waals surface area contributed by atoms with Crippen LogP contribution < -0.4 is 5.32 Å². The molecule has 0 radical (unpaired) electrons. The zero-order valence-corrected chi connectivity index (χ0v) is 43.0. The molecule has 0 spiro atoms. The number of aliphatic hydroxyl groups is 4. The lowest BCUT2D eigenvalue weighted by molar-refractivity contribution is -0.132. The summed E-state index contributed by atoms with van der Waals surface area (Å²) < 4.78 is 0. The highest BCUT2D eigenvalue weighted by atomic mass is 16.3. The van der Waals surface area contributed by atoms with Crippen molar-refractivity contribution in [2.75, 3.05) is 6.61 Å². The van der Waals surface area contributed by atoms with Crippen LogP contribution in [0.2, 0.25) is 0 Å². The fourth-order valence-corrected chi connectivity index (χ4v) is 9.11. The maximum Gasteiger partial charge on any atom is 0.249 e. The third-order valence-electron chi connectivity index (χ3n) is 13.6. The van der Waals surface area contributed by atoms with Crippen molar-refractivity contribution in [2.45, 2.75) is 334 Å². The Morgan fingerprint density at radius 1 is 0.375 bits per heavy atom. The summed E-state index contributed by atoms with van der Waals surface area (Å²) in [5, 5.41) is 43.9. The Kier molecular flexibility index (Phi) is 51.8. The van der Waals surface area contributed by atoms with Crippen molar-refractivity contribution in [3.63, 3.8) is 0 Å². The summed E-state index contributed by atoms with van der Waals surface area (Å²) in [7, 11) is 0. The van der Waals surface area contributed by atoms with E-state index in [1.54, 1.807) is 0 Å². The molecule has 4 atom stereocenters. The smallest absolute Gasteiger partial charge is 0.249 e. The van der Waals surface area contributed by atoms with Crippen LogP contribution in [0.1, 0.15) is 309 Å². The van der Waals surface area contributed by atoms with Gasteiger partial charge < -0.3 is 25.7 Å². The first-order valence-electron chi connectivity index (χ1n) is 28.7. The fraction of sp³-hybridized carbons (Fsp3) is 0.914. The SMILES string of the molecule is CCCCCCCCCCCCC/C=C/CCCC(O)C(O)C(CO)NC(=O)C(O)CCCCCCCCCCCCCCCCCC/C=C\CCCCCCCCCCCCCC. The zero-order chi connectivity index (χ0) is 46.7. The lowest BCUT2D eigenvalue weighted by atomic mass is 10.00. The number of rotatable bonds is 53. The van der Waals surface area contributed by atoms with Crippen LogP contribution in [-0.4, -0.2) is 57.3 Å². The molecule has 0 aromatic carbocycles. The van der Waals surface area contributed by atoms with E-state index < -0.39 is 36.9 Å². The first kappa shape index (κ1) is 62.8. The average molecular weight is 905 g/mol. The van der Waals surface area contributed by atoms with Crippen molar-refractivity contribution >= 4 is 5.91 Å². The number of amides is 1. The summed E-state index contributed by atoms with van der Waals surface area (Å²) in [5.74, 6) is -0.589. The zero-order valence-electron chi connectivity index (χ0n) is 43.0. The first-order valence-corrected chi connectivity index (χ1v) is 28.7. The largest absolute Gasteiger partial charge is 0.394 e. The molecule has 0 aliphatic carbocycles. The number of hydrogen-bond acceptors (Lipinski definition) is 5. The third-order valence-corrected chi connectivity index (χ3v) is 13.6. The number of hydrogen-bond donors (Lipinski definition) is 5. The maximum absolute atomic E-state index is 12.6. The van der Waals surface area contributed by atoms with Crippen molar-refractivity contribution in [2.24, 2.45) is 0 Å². The Bertz CT molecular complexity index is 970. The Hall–Kier alpha value is -1.21. The molecule has 0 heterocycles. The molecule has 380 valence electrons. The van der Waals surface area contributed by atoms with Crippen LogP contribution in [0.15, 0.2) is 24.3 Å². The molecule has 0 bridgehead atoms. The summed E-state index contributed by atoms with van der Waals surface area (Å²) in [4.78, 5) is 12.6. The van der Waals surface area contributed by atoms with E-state index in [1.807, 2.05) is 0 Å². The summed E-state index contributed by atoms with van der Waals surface area (Å²) in [5.41, 5.74) is 0. The summed E-state index contributed by atoms with van der Waals surface area (Å²) in [6, 6.07) is -1.000. The second-order valence-electron chi connectivity index (χ2n) is 20.0. The number of carbonyl (C=O) groups is 1. The topological polar surface area (TPSA) is 110 Å². The first-order chi connectivity index (χ1) is 31.5. The van der Waals surface area contributed by atoms with Crippen LogP contribution in [0.3, 0.4) is 0 Å². The van der Waals surface area contributed by atoms with Crippen molar-refractivity contribution in [1.82, 2.24) is 5.32 Å². The van der Waals surface area contributed by atoms with E-state index in [-0.39, 0.29) is 0 Å². The molecule has 64 heavy (non-hydrogen) atoms. The van der Waals surface area contributed by atoms with E-state index in [9.17, 15) is 25.2 Å². The Labute approximate surface area is 399 Å². The predicted molar refractivity (Wildman–Crippen MR) is 279 cm³/mol. The molecule has 0 aliphatic heterocycles. The van der Waals surface area contributed by atoms with Crippen molar-refractivity contribution < 1.29 is 25.2 Å². The molecule has 0 saturated carbocycles. The molecule has 0 aromatic rings. The van der Waals surface area contributed by atoms with Gasteiger partial charge in [-0.3, -0.25) is 4.79 Å². The van der Waals surface area contributed by atoms with Gasteiger partial charge in [-0.15, -0.1) is 0 Å². The molecule has 0 saturated heterocycles. The standard InChI is InChI=1S/C58H113NO5/c1-3-5-7-9-11-13-15-17-19-21-22-23-24-25-26-27-28-29-30-31-32-33-34-35-36-38-40-42-44-46-48-50-52-56(62)58(64)59-54(53-60)57(63)55(61)51-49-47-45-43-41-39-37-20-18-16-14-12-10-8-6-4-2/h25-26,43,45,54-57,60-63H,3-24,27-42,44,46-53H2,1-2H3,(H,59,64)/b26-25-,45-43+. The lowest BCUT2D eigenvalue weighted by Crippen LogP contribution is -2.53. The third kappa shape index (κ3) is 45.9. The highest BCUT2D eigenvalue weighted by molar-refractivity contribution is 5.80. The van der Waals surface area contributed by atoms with Crippen LogP contribution in [-0.2, 0) is 4.79 Å². The van der Waals surface area contributed by atoms with E-state index in [0.717, 1.165) is 38.5 Å². The van der Waals surface area contributed by atoms with Crippen molar-refractivity contribution in [3.8, 4) is 0 Å². The number of unbranched alkanes of at least 4 members (excludes halogenated alkanes) is 40. The van der Waals surface area contributed by atoms with Gasteiger partial charge >= 0.3 is 0 Å². The molecule has 5 N–H and O–H groups in total. The van der Waals surface area contributed by atoms with Gasteiger partial charge in [0.2, 0.25) is 5.91 Å². The predicted octanol–water partition coefficient (Wildman–Crippen LogP) is 16.6. The quantitative estimate of drug-likeness (QED) is 0.0308. The monoisotopic (exact) mass is 904 g/mol. The molecule has 0 aliphatic rings. The summed E-state index contributed by atoms with van der Waals surface area (Å²) >= 11 is 0. The fourth-order valence-electron chi connectivity index (χ4n) is 9.11. The number of allylic oxidation sites excluding steroid dienone is 4. The molecule has 1 amide bonds. The van der Waals surface area contributed by atoms with Crippen LogP contribution in [0.4, 0.5) is 0 Å². The number of carbonyl (C=O) groups excluding carboxylic acids is 1. The van der Waals surface area contributed by atoms with Gasteiger partial charge in [0, 0.05) is 0 Å². The molecule has 0 rings (SSSR count). The molecular weight excluding hydrogens is 791 g/mol. The van der Waals surface area contributed by atoms with Crippen molar-refractivity contribution in [3.05, 3.63) is 24.3 Å². The molecule has 0 fully saturated rings. The van der Waals surface area contributed by atoms with Crippen LogP contribution >= 0.6 is 0 Å². The van der Waals surface area contributed by atoms with Gasteiger partial charge in [0.1, 0.15) is 12.2 Å². The maximum atomic E-state index is 12.6. The van der Waals surface area contributed by atoms with Crippen LogP contribution in [0, 0.1) is 0 Å². The Morgan fingerprint density at radius 2 is 0.641 bits per heavy atom. The van der Waals surface area contributed by atoms with Gasteiger partial charge in [-0.1, -0.05) is 269 Å². The number of aliphatic hydroxyl groups excluding tert-OH is 4. The average Bonchev–Trinajstić information content (AvgIpc) is 3.30. The number of nitrogens with one attached hydrogen (secondary N) is 1. The molecular formula is C58H113NO5. The van der Waals surface area contributed by atoms with E-state index in [4.69, 9.17) is 0 Å².